The molecule has 0 heterocycles. The molecule has 2 heteroatoms. The summed E-state index contributed by atoms with van der Waals surface area (Å²) in [4.78, 5) is 2.60. The summed E-state index contributed by atoms with van der Waals surface area (Å²) in [6, 6.07) is 0.731. The Balaban J connectivity index is 2.17. The van der Waals surface area contributed by atoms with E-state index in [1.54, 1.807) is 0 Å². The summed E-state index contributed by atoms with van der Waals surface area (Å²) < 4.78 is 0. The standard InChI is InChI=1S/C11H24N2/c1-3-13(9-11-6-7-11)10(2)5-4-8-12/h10-11H,3-9,12H2,1-2H3. The fraction of sp³-hybridized carbons (Fsp3) is 1.00. The molecule has 1 rings (SSSR count). The highest BCUT2D eigenvalue weighted by atomic mass is 15.1. The third kappa shape index (κ3) is 4.10. The van der Waals surface area contributed by atoms with Gasteiger partial charge in [0.25, 0.3) is 0 Å². The van der Waals surface area contributed by atoms with Gasteiger partial charge in [-0.15, -0.1) is 0 Å². The Morgan fingerprint density at radius 3 is 2.62 bits per heavy atom. The van der Waals surface area contributed by atoms with Gasteiger partial charge in [-0.1, -0.05) is 6.92 Å². The van der Waals surface area contributed by atoms with Gasteiger partial charge in [0, 0.05) is 12.6 Å². The van der Waals surface area contributed by atoms with Gasteiger partial charge in [-0.25, -0.2) is 0 Å². The molecule has 13 heavy (non-hydrogen) atoms. The Labute approximate surface area is 82.5 Å². The molecular weight excluding hydrogens is 160 g/mol. The van der Waals surface area contributed by atoms with E-state index in [9.17, 15) is 0 Å². The summed E-state index contributed by atoms with van der Waals surface area (Å²) in [5.41, 5.74) is 5.51. The second kappa shape index (κ2) is 5.61. The first-order chi connectivity index (χ1) is 6.27. The summed E-state index contributed by atoms with van der Waals surface area (Å²) in [6.45, 7) is 7.96. The van der Waals surface area contributed by atoms with E-state index in [0.29, 0.717) is 0 Å². The molecule has 1 saturated carbocycles. The van der Waals surface area contributed by atoms with E-state index >= 15 is 0 Å². The first kappa shape index (κ1) is 11.0. The highest BCUT2D eigenvalue weighted by Crippen LogP contribution is 2.30. The number of nitrogens with two attached hydrogens (primary N) is 1. The Bertz CT molecular complexity index is 132. The van der Waals surface area contributed by atoms with Crippen LogP contribution in [0.4, 0.5) is 0 Å². The van der Waals surface area contributed by atoms with Gasteiger partial charge < -0.3 is 10.6 Å². The van der Waals surface area contributed by atoms with Crippen LogP contribution >= 0.6 is 0 Å². The fourth-order valence-electron chi connectivity index (χ4n) is 1.85. The zero-order valence-electron chi connectivity index (χ0n) is 9.13. The average Bonchev–Trinajstić information content (AvgIpc) is 2.93. The van der Waals surface area contributed by atoms with Crippen LogP contribution < -0.4 is 5.73 Å². The average molecular weight is 184 g/mol. The van der Waals surface area contributed by atoms with Crippen LogP contribution in [0.1, 0.15) is 39.5 Å². The first-order valence-electron chi connectivity index (χ1n) is 5.72. The van der Waals surface area contributed by atoms with Crippen molar-refractivity contribution in [3.8, 4) is 0 Å². The summed E-state index contributed by atoms with van der Waals surface area (Å²) in [5, 5.41) is 0. The summed E-state index contributed by atoms with van der Waals surface area (Å²) in [6.07, 6.45) is 5.35. The second-order valence-corrected chi connectivity index (χ2v) is 4.31. The number of hydrogen-bond acceptors (Lipinski definition) is 2. The molecule has 0 radical (unpaired) electrons. The Kier molecular flexibility index (Phi) is 4.74. The molecular formula is C11H24N2. The minimum atomic E-state index is 0.731. The lowest BCUT2D eigenvalue weighted by molar-refractivity contribution is 0.199. The minimum absolute atomic E-state index is 0.731. The van der Waals surface area contributed by atoms with E-state index in [1.807, 2.05) is 0 Å². The van der Waals surface area contributed by atoms with Gasteiger partial charge in [-0.05, 0) is 51.6 Å². The van der Waals surface area contributed by atoms with Crippen LogP contribution in [0.5, 0.6) is 0 Å². The van der Waals surface area contributed by atoms with Crippen LogP contribution in [0.2, 0.25) is 0 Å². The first-order valence-corrected chi connectivity index (χ1v) is 5.72. The molecule has 0 bridgehead atoms. The van der Waals surface area contributed by atoms with Gasteiger partial charge in [0.1, 0.15) is 0 Å². The van der Waals surface area contributed by atoms with Crippen molar-refractivity contribution < 1.29 is 0 Å². The molecule has 1 atom stereocenters. The smallest absolute Gasteiger partial charge is 0.00673 e. The maximum absolute atomic E-state index is 5.51. The van der Waals surface area contributed by atoms with Crippen molar-refractivity contribution in [2.45, 2.75) is 45.6 Å². The lowest BCUT2D eigenvalue weighted by atomic mass is 10.1. The number of nitrogens with zero attached hydrogens (tertiary/aromatic N) is 1. The molecule has 0 aliphatic heterocycles. The molecule has 0 aromatic rings. The highest BCUT2D eigenvalue weighted by molar-refractivity contribution is 4.79. The number of hydrogen-bond donors (Lipinski definition) is 1. The fourth-order valence-corrected chi connectivity index (χ4v) is 1.85. The Morgan fingerprint density at radius 2 is 2.15 bits per heavy atom. The maximum Gasteiger partial charge on any atom is 0.00673 e. The van der Waals surface area contributed by atoms with Crippen molar-refractivity contribution in [1.29, 1.82) is 0 Å². The molecule has 1 aliphatic carbocycles. The lowest BCUT2D eigenvalue weighted by Crippen LogP contribution is -2.34. The molecule has 2 N–H and O–H groups in total. The van der Waals surface area contributed by atoms with Gasteiger partial charge in [0.2, 0.25) is 0 Å². The predicted octanol–water partition coefficient (Wildman–Crippen LogP) is 1.85. The van der Waals surface area contributed by atoms with E-state index in [-0.39, 0.29) is 0 Å². The monoisotopic (exact) mass is 184 g/mol. The molecule has 1 fully saturated rings. The molecule has 78 valence electrons. The zero-order valence-corrected chi connectivity index (χ0v) is 9.13. The van der Waals surface area contributed by atoms with E-state index in [4.69, 9.17) is 5.73 Å². The largest absolute Gasteiger partial charge is 0.330 e. The Hall–Kier alpha value is -0.0800. The lowest BCUT2D eigenvalue weighted by Gasteiger charge is -2.27. The highest BCUT2D eigenvalue weighted by Gasteiger charge is 2.25. The van der Waals surface area contributed by atoms with E-state index in [2.05, 4.69) is 18.7 Å². The van der Waals surface area contributed by atoms with Gasteiger partial charge in [0.05, 0.1) is 0 Å². The maximum atomic E-state index is 5.51. The van der Waals surface area contributed by atoms with Gasteiger partial charge in [0.15, 0.2) is 0 Å². The summed E-state index contributed by atoms with van der Waals surface area (Å²) in [5.74, 6) is 1.01. The van der Waals surface area contributed by atoms with Crippen LogP contribution in [-0.2, 0) is 0 Å². The van der Waals surface area contributed by atoms with Crippen molar-refractivity contribution in [2.75, 3.05) is 19.6 Å². The third-order valence-corrected chi connectivity index (χ3v) is 3.05. The molecule has 1 unspecified atom stereocenters. The van der Waals surface area contributed by atoms with Crippen molar-refractivity contribution in [2.24, 2.45) is 11.7 Å². The van der Waals surface area contributed by atoms with Crippen molar-refractivity contribution in [3.05, 3.63) is 0 Å². The topological polar surface area (TPSA) is 29.3 Å². The molecule has 1 aliphatic rings. The second-order valence-electron chi connectivity index (χ2n) is 4.31. The third-order valence-electron chi connectivity index (χ3n) is 3.05. The minimum Gasteiger partial charge on any atom is -0.330 e. The molecule has 0 saturated heterocycles. The summed E-state index contributed by atoms with van der Waals surface area (Å²) >= 11 is 0. The van der Waals surface area contributed by atoms with Crippen molar-refractivity contribution in [3.63, 3.8) is 0 Å². The normalized spacial score (nSPS) is 19.4. The molecule has 0 aromatic heterocycles. The number of rotatable bonds is 7. The van der Waals surface area contributed by atoms with Crippen LogP contribution in [0.25, 0.3) is 0 Å². The predicted molar refractivity (Wildman–Crippen MR) is 57.7 cm³/mol. The molecule has 0 aromatic carbocycles. The van der Waals surface area contributed by atoms with Gasteiger partial charge in [-0.2, -0.15) is 0 Å². The van der Waals surface area contributed by atoms with Crippen molar-refractivity contribution >= 4 is 0 Å². The summed E-state index contributed by atoms with van der Waals surface area (Å²) in [7, 11) is 0. The SMILES string of the molecule is CCN(CC1CC1)C(C)CCCN. The van der Waals surface area contributed by atoms with Gasteiger partial charge >= 0.3 is 0 Å². The van der Waals surface area contributed by atoms with Crippen LogP contribution in [0.15, 0.2) is 0 Å². The Morgan fingerprint density at radius 1 is 1.46 bits per heavy atom. The van der Waals surface area contributed by atoms with E-state index < -0.39 is 0 Å². The van der Waals surface area contributed by atoms with E-state index in [0.717, 1.165) is 18.5 Å². The molecule has 2 nitrogen and oxygen atoms in total. The van der Waals surface area contributed by atoms with E-state index in [1.165, 1.54) is 38.8 Å². The molecule has 0 spiro atoms. The van der Waals surface area contributed by atoms with Crippen molar-refractivity contribution in [1.82, 2.24) is 4.90 Å². The molecule has 0 amide bonds. The van der Waals surface area contributed by atoms with Gasteiger partial charge in [-0.3, -0.25) is 0 Å². The van der Waals surface area contributed by atoms with Crippen LogP contribution in [0, 0.1) is 5.92 Å². The van der Waals surface area contributed by atoms with Crippen LogP contribution in [-0.4, -0.2) is 30.6 Å². The van der Waals surface area contributed by atoms with Crippen LogP contribution in [0.3, 0.4) is 0 Å². The quantitative estimate of drug-likeness (QED) is 0.654. The zero-order chi connectivity index (χ0) is 9.68.